The lowest BCUT2D eigenvalue weighted by molar-refractivity contribution is 0.0947. The number of nitrogens with zero attached hydrogens (tertiary/aromatic N) is 1. The maximum Gasteiger partial charge on any atom is 0.410 e. The number of nitrogens with one attached hydrogen (secondary N) is 1. The van der Waals surface area contributed by atoms with Crippen molar-refractivity contribution in [2.75, 3.05) is 26.2 Å². The standard InChI is InChI=1S/C24H33N3O4/c25-15-7-9-17-27(24(29)31-20-22-13-5-2-6-14-22)18-10-8-16-26-23(28)30-19-21-11-3-1-4-12-21/h1-6,11-14H,7-10,15-20,25H2,(H,26,28). The number of amides is 2. The Kier molecular flexibility index (Phi) is 11.6. The molecule has 0 aliphatic carbocycles. The first-order valence-electron chi connectivity index (χ1n) is 10.8. The summed E-state index contributed by atoms with van der Waals surface area (Å²) in [5, 5.41) is 2.74. The van der Waals surface area contributed by atoms with Gasteiger partial charge in [0.25, 0.3) is 0 Å². The number of rotatable bonds is 13. The molecule has 0 aliphatic rings. The molecule has 2 aromatic rings. The number of hydrogen-bond acceptors (Lipinski definition) is 5. The molecule has 0 aromatic heterocycles. The molecule has 0 saturated carbocycles. The molecule has 0 spiro atoms. The number of ether oxygens (including phenoxy) is 2. The third kappa shape index (κ3) is 10.5. The number of alkyl carbamates (subject to hydrolysis) is 1. The average Bonchev–Trinajstić information content (AvgIpc) is 2.81. The molecule has 2 rings (SSSR count). The lowest BCUT2D eigenvalue weighted by atomic mass is 10.2. The number of carbonyl (C=O) groups excluding carboxylic acids is 2. The summed E-state index contributed by atoms with van der Waals surface area (Å²) in [6.07, 6.45) is 2.42. The van der Waals surface area contributed by atoms with Crippen LogP contribution in [0.4, 0.5) is 9.59 Å². The summed E-state index contributed by atoms with van der Waals surface area (Å²) < 4.78 is 10.6. The maximum absolute atomic E-state index is 12.5. The second-order valence-corrected chi connectivity index (χ2v) is 7.22. The van der Waals surface area contributed by atoms with Gasteiger partial charge in [-0.3, -0.25) is 0 Å². The molecule has 0 bridgehead atoms. The molecule has 0 aliphatic heterocycles. The van der Waals surface area contributed by atoms with Crippen LogP contribution in [0.5, 0.6) is 0 Å². The van der Waals surface area contributed by atoms with E-state index < -0.39 is 6.09 Å². The molecular formula is C24H33N3O4. The zero-order valence-electron chi connectivity index (χ0n) is 18.0. The van der Waals surface area contributed by atoms with Gasteiger partial charge in [0.15, 0.2) is 0 Å². The van der Waals surface area contributed by atoms with E-state index in [9.17, 15) is 9.59 Å². The van der Waals surface area contributed by atoms with Gasteiger partial charge >= 0.3 is 12.2 Å². The van der Waals surface area contributed by atoms with Crippen molar-refractivity contribution >= 4 is 12.2 Å². The van der Waals surface area contributed by atoms with Crippen LogP contribution in [0.3, 0.4) is 0 Å². The predicted octanol–water partition coefficient (Wildman–Crippen LogP) is 4.07. The summed E-state index contributed by atoms with van der Waals surface area (Å²) in [7, 11) is 0. The monoisotopic (exact) mass is 427 g/mol. The second kappa shape index (κ2) is 14.8. The molecule has 0 unspecified atom stereocenters. The molecule has 168 valence electrons. The first kappa shape index (κ1) is 24.2. The molecule has 2 amide bonds. The van der Waals surface area contributed by atoms with E-state index >= 15 is 0 Å². The van der Waals surface area contributed by atoms with Crippen LogP contribution in [-0.2, 0) is 22.7 Å². The zero-order chi connectivity index (χ0) is 22.2. The van der Waals surface area contributed by atoms with Crippen LogP contribution >= 0.6 is 0 Å². The van der Waals surface area contributed by atoms with Crippen molar-refractivity contribution < 1.29 is 19.1 Å². The molecular weight excluding hydrogens is 394 g/mol. The van der Waals surface area contributed by atoms with E-state index in [0.717, 1.165) is 36.8 Å². The molecule has 0 heterocycles. The first-order chi connectivity index (χ1) is 15.2. The Morgan fingerprint density at radius 3 is 1.90 bits per heavy atom. The number of carbonyl (C=O) groups is 2. The molecule has 31 heavy (non-hydrogen) atoms. The minimum Gasteiger partial charge on any atom is -0.445 e. The van der Waals surface area contributed by atoms with Gasteiger partial charge in [0.05, 0.1) is 0 Å². The van der Waals surface area contributed by atoms with Gasteiger partial charge in [0.1, 0.15) is 13.2 Å². The van der Waals surface area contributed by atoms with Crippen LogP contribution in [0.1, 0.15) is 36.8 Å². The Balaban J connectivity index is 1.65. The largest absolute Gasteiger partial charge is 0.445 e. The normalized spacial score (nSPS) is 10.4. The summed E-state index contributed by atoms with van der Waals surface area (Å²) in [6, 6.07) is 19.1. The van der Waals surface area contributed by atoms with Crippen LogP contribution in [-0.4, -0.2) is 43.3 Å². The van der Waals surface area contributed by atoms with Crippen molar-refractivity contribution in [3.05, 3.63) is 71.8 Å². The Bertz CT molecular complexity index is 756. The van der Waals surface area contributed by atoms with E-state index in [1.165, 1.54) is 0 Å². The second-order valence-electron chi connectivity index (χ2n) is 7.22. The third-order valence-electron chi connectivity index (χ3n) is 4.68. The van der Waals surface area contributed by atoms with Gasteiger partial charge in [0, 0.05) is 19.6 Å². The van der Waals surface area contributed by atoms with Gasteiger partial charge in [-0.05, 0) is 43.4 Å². The van der Waals surface area contributed by atoms with E-state index in [4.69, 9.17) is 15.2 Å². The van der Waals surface area contributed by atoms with Crippen molar-refractivity contribution in [1.82, 2.24) is 10.2 Å². The van der Waals surface area contributed by atoms with Crippen LogP contribution in [0.15, 0.2) is 60.7 Å². The lowest BCUT2D eigenvalue weighted by Gasteiger charge is -2.22. The number of unbranched alkanes of at least 4 members (excludes halogenated alkanes) is 2. The Labute approximate surface area is 184 Å². The van der Waals surface area contributed by atoms with Crippen LogP contribution in [0, 0.1) is 0 Å². The van der Waals surface area contributed by atoms with E-state index in [1.807, 2.05) is 60.7 Å². The predicted molar refractivity (Wildman–Crippen MR) is 120 cm³/mol. The third-order valence-corrected chi connectivity index (χ3v) is 4.68. The van der Waals surface area contributed by atoms with Gasteiger partial charge in [0.2, 0.25) is 0 Å². The van der Waals surface area contributed by atoms with Crippen LogP contribution in [0.2, 0.25) is 0 Å². The average molecular weight is 428 g/mol. The van der Waals surface area contributed by atoms with Crippen molar-refractivity contribution in [2.45, 2.75) is 38.9 Å². The SMILES string of the molecule is NCCCCN(CCCCNC(=O)OCc1ccccc1)C(=O)OCc1ccccc1. The number of nitrogens with two attached hydrogens (primary N) is 1. The summed E-state index contributed by atoms with van der Waals surface area (Å²) in [5.74, 6) is 0. The number of benzene rings is 2. The van der Waals surface area contributed by atoms with Gasteiger partial charge in [-0.25, -0.2) is 9.59 Å². The van der Waals surface area contributed by atoms with Crippen LogP contribution in [0.25, 0.3) is 0 Å². The Morgan fingerprint density at radius 2 is 1.32 bits per heavy atom. The smallest absolute Gasteiger partial charge is 0.410 e. The molecule has 0 saturated heterocycles. The highest BCUT2D eigenvalue weighted by Gasteiger charge is 2.14. The van der Waals surface area contributed by atoms with Gasteiger partial charge in [-0.1, -0.05) is 60.7 Å². The van der Waals surface area contributed by atoms with Gasteiger partial charge in [-0.15, -0.1) is 0 Å². The minimum absolute atomic E-state index is 0.245. The number of hydrogen-bond donors (Lipinski definition) is 2. The van der Waals surface area contributed by atoms with Gasteiger partial charge in [-0.2, -0.15) is 0 Å². The van der Waals surface area contributed by atoms with E-state index in [-0.39, 0.29) is 19.3 Å². The molecule has 3 N–H and O–H groups in total. The minimum atomic E-state index is -0.439. The highest BCUT2D eigenvalue weighted by atomic mass is 16.6. The highest BCUT2D eigenvalue weighted by molar-refractivity contribution is 5.67. The van der Waals surface area contributed by atoms with Crippen molar-refractivity contribution in [2.24, 2.45) is 5.73 Å². The Hall–Kier alpha value is -3.06. The molecule has 2 aromatic carbocycles. The summed E-state index contributed by atoms with van der Waals surface area (Å²) in [4.78, 5) is 26.0. The van der Waals surface area contributed by atoms with Gasteiger partial charge < -0.3 is 25.4 Å². The Morgan fingerprint density at radius 1 is 0.774 bits per heavy atom. The summed E-state index contributed by atoms with van der Waals surface area (Å²) >= 11 is 0. The maximum atomic E-state index is 12.5. The fraction of sp³-hybridized carbons (Fsp3) is 0.417. The highest BCUT2D eigenvalue weighted by Crippen LogP contribution is 2.06. The first-order valence-corrected chi connectivity index (χ1v) is 10.8. The topological polar surface area (TPSA) is 93.9 Å². The van der Waals surface area contributed by atoms with Crippen LogP contribution < -0.4 is 11.1 Å². The van der Waals surface area contributed by atoms with Crippen molar-refractivity contribution in [3.8, 4) is 0 Å². The van der Waals surface area contributed by atoms with Crippen molar-refractivity contribution in [3.63, 3.8) is 0 Å². The fourth-order valence-electron chi connectivity index (χ4n) is 2.94. The lowest BCUT2D eigenvalue weighted by Crippen LogP contribution is -2.34. The van der Waals surface area contributed by atoms with E-state index in [1.54, 1.807) is 4.90 Å². The molecule has 0 radical (unpaired) electrons. The molecule has 0 atom stereocenters. The van der Waals surface area contributed by atoms with E-state index in [0.29, 0.717) is 26.2 Å². The fourth-order valence-corrected chi connectivity index (χ4v) is 2.94. The zero-order valence-corrected chi connectivity index (χ0v) is 18.0. The molecule has 0 fully saturated rings. The van der Waals surface area contributed by atoms with Crippen molar-refractivity contribution in [1.29, 1.82) is 0 Å². The summed E-state index contributed by atoms with van der Waals surface area (Å²) in [5.41, 5.74) is 7.47. The molecule has 7 heteroatoms. The quantitative estimate of drug-likeness (QED) is 0.470. The van der Waals surface area contributed by atoms with E-state index in [2.05, 4.69) is 5.32 Å². The summed E-state index contributed by atoms with van der Waals surface area (Å²) in [6.45, 7) is 2.76. The molecule has 7 nitrogen and oxygen atoms in total.